The first-order chi connectivity index (χ1) is 16.1. The molecule has 11 heteroatoms. The predicted molar refractivity (Wildman–Crippen MR) is 123 cm³/mol. The van der Waals surface area contributed by atoms with Crippen LogP contribution in [0.15, 0.2) is 18.5 Å². The van der Waals surface area contributed by atoms with Gasteiger partial charge >= 0.3 is 0 Å². The Morgan fingerprint density at radius 1 is 1.39 bits per heavy atom. The average molecular weight is 489 g/mol. The van der Waals surface area contributed by atoms with Crippen LogP contribution in [0.1, 0.15) is 12.1 Å². The van der Waals surface area contributed by atoms with Gasteiger partial charge < -0.3 is 24.3 Å². The number of nitriles is 1. The molecule has 1 atom stereocenters. The SMILES string of the molecule is N#CCOc1cc(Cl)c(Cl)c2c1c(-c1cn[nH]c1)c1n2CCN(C(=O)C[C@@H]2COCCN2)C1. The zero-order valence-electron chi connectivity index (χ0n) is 17.7. The molecule has 5 rings (SSSR count). The monoisotopic (exact) mass is 488 g/mol. The number of nitrogens with one attached hydrogen (secondary N) is 2. The van der Waals surface area contributed by atoms with E-state index in [0.717, 1.165) is 34.3 Å². The van der Waals surface area contributed by atoms with Gasteiger partial charge in [0.25, 0.3) is 0 Å². The first-order valence-corrected chi connectivity index (χ1v) is 11.4. The first kappa shape index (κ1) is 22.0. The van der Waals surface area contributed by atoms with Crippen molar-refractivity contribution in [2.45, 2.75) is 25.6 Å². The maximum absolute atomic E-state index is 13.1. The van der Waals surface area contributed by atoms with Crippen molar-refractivity contribution in [1.82, 2.24) is 25.0 Å². The van der Waals surface area contributed by atoms with Crippen molar-refractivity contribution >= 4 is 40.0 Å². The highest BCUT2D eigenvalue weighted by Gasteiger charge is 2.31. The molecule has 4 heterocycles. The van der Waals surface area contributed by atoms with Crippen molar-refractivity contribution in [1.29, 1.82) is 5.26 Å². The van der Waals surface area contributed by atoms with E-state index < -0.39 is 0 Å². The minimum Gasteiger partial charge on any atom is -0.478 e. The molecule has 3 aromatic rings. The first-order valence-electron chi connectivity index (χ1n) is 10.7. The molecule has 0 radical (unpaired) electrons. The Morgan fingerprint density at radius 3 is 3.00 bits per heavy atom. The largest absolute Gasteiger partial charge is 0.478 e. The number of carbonyl (C=O) groups excluding carboxylic acids is 1. The van der Waals surface area contributed by atoms with E-state index in [9.17, 15) is 4.79 Å². The molecule has 2 aliphatic heterocycles. The van der Waals surface area contributed by atoms with Gasteiger partial charge in [0.05, 0.1) is 46.9 Å². The molecular formula is C22H22Cl2N6O3. The van der Waals surface area contributed by atoms with Gasteiger partial charge in [-0.1, -0.05) is 23.2 Å². The van der Waals surface area contributed by atoms with Crippen LogP contribution < -0.4 is 10.1 Å². The summed E-state index contributed by atoms with van der Waals surface area (Å²) in [4.78, 5) is 15.0. The Hall–Kier alpha value is -2.77. The van der Waals surface area contributed by atoms with Gasteiger partial charge in [0.1, 0.15) is 11.8 Å². The number of carbonyl (C=O) groups is 1. The second-order valence-corrected chi connectivity index (χ2v) is 8.83. The summed E-state index contributed by atoms with van der Waals surface area (Å²) >= 11 is 13.1. The van der Waals surface area contributed by atoms with Crippen molar-refractivity contribution in [3.63, 3.8) is 0 Å². The molecule has 2 N–H and O–H groups in total. The van der Waals surface area contributed by atoms with Gasteiger partial charge in [-0.15, -0.1) is 0 Å². The van der Waals surface area contributed by atoms with Gasteiger partial charge in [0.15, 0.2) is 6.61 Å². The highest BCUT2D eigenvalue weighted by molar-refractivity contribution is 6.45. The number of halogens is 2. The fraction of sp³-hybridized carbons (Fsp3) is 0.409. The van der Waals surface area contributed by atoms with Crippen molar-refractivity contribution < 1.29 is 14.3 Å². The quantitative estimate of drug-likeness (QED) is 0.571. The van der Waals surface area contributed by atoms with E-state index in [-0.39, 0.29) is 18.6 Å². The van der Waals surface area contributed by atoms with Crippen LogP contribution in [0.5, 0.6) is 5.75 Å². The van der Waals surface area contributed by atoms with Gasteiger partial charge in [-0.3, -0.25) is 9.89 Å². The molecule has 172 valence electrons. The number of hydrogen-bond donors (Lipinski definition) is 2. The van der Waals surface area contributed by atoms with E-state index in [4.69, 9.17) is 37.9 Å². The number of hydrogen-bond acceptors (Lipinski definition) is 6. The molecule has 33 heavy (non-hydrogen) atoms. The minimum absolute atomic E-state index is 0.0200. The van der Waals surface area contributed by atoms with Gasteiger partial charge in [-0.25, -0.2) is 0 Å². The zero-order valence-corrected chi connectivity index (χ0v) is 19.2. The molecule has 1 amide bonds. The maximum Gasteiger partial charge on any atom is 0.224 e. The summed E-state index contributed by atoms with van der Waals surface area (Å²) in [5.74, 6) is 0.540. The molecule has 1 saturated heterocycles. The molecular weight excluding hydrogens is 467 g/mol. The summed E-state index contributed by atoms with van der Waals surface area (Å²) in [6.45, 7) is 3.34. The van der Waals surface area contributed by atoms with Gasteiger partial charge in [-0.05, 0) is 0 Å². The predicted octanol–water partition coefficient (Wildman–Crippen LogP) is 2.96. The lowest BCUT2D eigenvalue weighted by Gasteiger charge is -2.32. The highest BCUT2D eigenvalue weighted by Crippen LogP contribution is 2.47. The standard InChI is InChI=1S/C22H22Cl2N6O3/c23-15-8-17(33-5-1-25)20-19(13-9-27-28-10-13)16-11-29(3-4-30(16)22(20)21(15)24)18(31)7-14-12-32-6-2-26-14/h8-10,14,26H,2-7,11-12H2,(H,27,28)/t14-/m1/s1. The van der Waals surface area contributed by atoms with Crippen LogP contribution in [-0.2, 0) is 22.6 Å². The highest BCUT2D eigenvalue weighted by atomic mass is 35.5. The van der Waals surface area contributed by atoms with Crippen LogP contribution in [0.25, 0.3) is 22.0 Å². The maximum atomic E-state index is 13.1. The molecule has 1 aromatic carbocycles. The van der Waals surface area contributed by atoms with Crippen LogP contribution in [0.3, 0.4) is 0 Å². The Balaban J connectivity index is 1.59. The van der Waals surface area contributed by atoms with Gasteiger partial charge in [-0.2, -0.15) is 10.4 Å². The normalized spacial score (nSPS) is 18.2. The number of rotatable bonds is 5. The van der Waals surface area contributed by atoms with Crippen LogP contribution in [0.4, 0.5) is 0 Å². The van der Waals surface area contributed by atoms with Gasteiger partial charge in [0, 0.05) is 61.2 Å². The molecule has 9 nitrogen and oxygen atoms in total. The number of benzene rings is 1. The number of aromatic nitrogens is 3. The Kier molecular flexibility index (Phi) is 6.17. The second-order valence-electron chi connectivity index (χ2n) is 8.05. The Morgan fingerprint density at radius 2 is 2.27 bits per heavy atom. The summed E-state index contributed by atoms with van der Waals surface area (Å²) in [6, 6.07) is 3.65. The topological polar surface area (TPSA) is 108 Å². The van der Waals surface area contributed by atoms with Crippen LogP contribution >= 0.6 is 23.2 Å². The van der Waals surface area contributed by atoms with Crippen LogP contribution in [0, 0.1) is 11.3 Å². The fourth-order valence-corrected chi connectivity index (χ4v) is 5.06. The summed E-state index contributed by atoms with van der Waals surface area (Å²) in [7, 11) is 0. The third kappa shape index (κ3) is 4.04. The van der Waals surface area contributed by atoms with Crippen LogP contribution in [-0.4, -0.2) is 64.5 Å². The molecule has 2 aromatic heterocycles. The molecule has 0 unspecified atom stereocenters. The molecule has 0 bridgehead atoms. The van der Waals surface area contributed by atoms with Crippen molar-refractivity contribution in [3.05, 3.63) is 34.2 Å². The lowest BCUT2D eigenvalue weighted by Crippen LogP contribution is -2.46. The van der Waals surface area contributed by atoms with E-state index >= 15 is 0 Å². The fourth-order valence-electron chi connectivity index (χ4n) is 4.62. The number of nitrogens with zero attached hydrogens (tertiary/aromatic N) is 4. The van der Waals surface area contributed by atoms with E-state index in [1.54, 1.807) is 18.5 Å². The molecule has 2 aliphatic rings. The zero-order chi connectivity index (χ0) is 22.9. The third-order valence-corrected chi connectivity index (χ3v) is 6.86. The minimum atomic E-state index is -0.126. The number of morpholine rings is 1. The number of ether oxygens (including phenoxy) is 2. The Labute approximate surface area is 200 Å². The third-order valence-electron chi connectivity index (χ3n) is 6.08. The summed E-state index contributed by atoms with van der Waals surface area (Å²) in [6.07, 6.45) is 3.89. The van der Waals surface area contributed by atoms with E-state index in [2.05, 4.69) is 20.1 Å². The lowest BCUT2D eigenvalue weighted by molar-refractivity contribution is -0.133. The summed E-state index contributed by atoms with van der Waals surface area (Å²) < 4.78 is 13.3. The van der Waals surface area contributed by atoms with E-state index in [0.29, 0.717) is 55.1 Å². The average Bonchev–Trinajstić information content (AvgIpc) is 3.47. The van der Waals surface area contributed by atoms with Crippen LogP contribution in [0.2, 0.25) is 10.0 Å². The number of H-pyrrole nitrogens is 1. The number of aromatic amines is 1. The smallest absolute Gasteiger partial charge is 0.224 e. The summed E-state index contributed by atoms with van der Waals surface area (Å²) in [5.41, 5.74) is 3.36. The molecule has 0 spiro atoms. The lowest BCUT2D eigenvalue weighted by atomic mass is 10.0. The van der Waals surface area contributed by atoms with Crippen molar-refractivity contribution in [2.24, 2.45) is 0 Å². The number of fused-ring (bicyclic) bond motifs is 3. The van der Waals surface area contributed by atoms with Gasteiger partial charge in [0.2, 0.25) is 5.91 Å². The Bertz CT molecular complexity index is 1230. The van der Waals surface area contributed by atoms with Crippen molar-refractivity contribution in [3.8, 4) is 22.9 Å². The summed E-state index contributed by atoms with van der Waals surface area (Å²) in [5, 5.41) is 20.9. The second kappa shape index (κ2) is 9.23. The molecule has 0 aliphatic carbocycles. The molecule has 0 saturated carbocycles. The molecule has 1 fully saturated rings. The van der Waals surface area contributed by atoms with Crippen molar-refractivity contribution in [2.75, 3.05) is 32.9 Å². The van der Waals surface area contributed by atoms with E-state index in [1.807, 2.05) is 11.0 Å². The number of amides is 1. The van der Waals surface area contributed by atoms with E-state index in [1.165, 1.54) is 0 Å².